The summed E-state index contributed by atoms with van der Waals surface area (Å²) in [5, 5.41) is 0. The molecule has 114 valence electrons. The second-order valence-electron chi connectivity index (χ2n) is 6.31. The van der Waals surface area contributed by atoms with Crippen LogP contribution in [0.4, 0.5) is 0 Å². The van der Waals surface area contributed by atoms with Gasteiger partial charge in [0, 0.05) is 19.5 Å². The molecule has 0 atom stereocenters. The Balaban J connectivity index is 1.88. The Bertz CT molecular complexity index is 757. The first-order chi connectivity index (χ1) is 10.5. The Labute approximate surface area is 140 Å². The van der Waals surface area contributed by atoms with Gasteiger partial charge in [0.2, 0.25) is 0 Å². The fraction of sp³-hybridized carbons (Fsp3) is 0.263. The third-order valence-corrected chi connectivity index (χ3v) is 6.41. The smallest absolute Gasteiger partial charge is 0.118 e. The van der Waals surface area contributed by atoms with Crippen LogP contribution in [0.25, 0.3) is 20.2 Å². The summed E-state index contributed by atoms with van der Waals surface area (Å²) in [6.07, 6.45) is 0. The quantitative estimate of drug-likeness (QED) is 0.537. The summed E-state index contributed by atoms with van der Waals surface area (Å²) in [6.45, 7) is 6.79. The highest BCUT2D eigenvalue weighted by atomic mass is 32.1. The highest BCUT2D eigenvalue weighted by molar-refractivity contribution is 7.24. The Morgan fingerprint density at radius 1 is 0.727 bits per heavy atom. The van der Waals surface area contributed by atoms with E-state index in [1.807, 2.05) is 34.8 Å². The van der Waals surface area contributed by atoms with E-state index in [1.165, 1.54) is 25.1 Å². The number of ether oxygens (including phenoxy) is 1. The molecule has 0 N–H and O–H groups in total. The van der Waals surface area contributed by atoms with Crippen LogP contribution in [0.1, 0.15) is 25.6 Å². The fourth-order valence-electron chi connectivity index (χ4n) is 2.25. The lowest BCUT2D eigenvalue weighted by Gasteiger charge is -2.15. The molecule has 0 amide bonds. The predicted molar refractivity (Wildman–Crippen MR) is 98.3 cm³/mol. The van der Waals surface area contributed by atoms with Crippen molar-refractivity contribution in [3.05, 3.63) is 53.4 Å². The van der Waals surface area contributed by atoms with Crippen molar-refractivity contribution in [2.45, 2.75) is 26.2 Å². The van der Waals surface area contributed by atoms with Gasteiger partial charge in [0.1, 0.15) is 5.75 Å². The molecule has 2 aromatic heterocycles. The molecular weight excluding hydrogens is 308 g/mol. The number of hydrogen-bond acceptors (Lipinski definition) is 3. The van der Waals surface area contributed by atoms with Crippen LogP contribution in [-0.4, -0.2) is 7.11 Å². The number of hydrogen-bond donors (Lipinski definition) is 0. The van der Waals surface area contributed by atoms with Crippen LogP contribution in [0.15, 0.2) is 48.5 Å². The van der Waals surface area contributed by atoms with Gasteiger partial charge in [-0.25, -0.2) is 0 Å². The van der Waals surface area contributed by atoms with Gasteiger partial charge in [0.05, 0.1) is 7.11 Å². The molecule has 3 rings (SSSR count). The van der Waals surface area contributed by atoms with Crippen LogP contribution in [0, 0.1) is 0 Å². The Morgan fingerprint density at radius 2 is 1.32 bits per heavy atom. The minimum atomic E-state index is 0.221. The second kappa shape index (κ2) is 5.90. The van der Waals surface area contributed by atoms with E-state index in [0.717, 1.165) is 5.75 Å². The standard InChI is InChI=1S/C19H20OS2/c1-19(2,3)18-12-11-17(22-18)16-10-9-15(21-16)13-5-7-14(20-4)8-6-13/h5-12H,1-4H3. The number of benzene rings is 1. The van der Waals surface area contributed by atoms with Crippen molar-refractivity contribution >= 4 is 22.7 Å². The van der Waals surface area contributed by atoms with Gasteiger partial charge in [-0.1, -0.05) is 20.8 Å². The Hall–Kier alpha value is -1.58. The third kappa shape index (κ3) is 3.11. The third-order valence-electron chi connectivity index (χ3n) is 3.57. The van der Waals surface area contributed by atoms with Crippen molar-refractivity contribution in [3.63, 3.8) is 0 Å². The first-order valence-corrected chi connectivity index (χ1v) is 8.95. The maximum atomic E-state index is 5.22. The van der Waals surface area contributed by atoms with E-state index < -0.39 is 0 Å². The van der Waals surface area contributed by atoms with E-state index >= 15 is 0 Å². The molecule has 1 nitrogen and oxygen atoms in total. The van der Waals surface area contributed by atoms with Crippen LogP contribution < -0.4 is 4.74 Å². The molecule has 0 saturated carbocycles. The summed E-state index contributed by atoms with van der Waals surface area (Å²) in [7, 11) is 1.70. The van der Waals surface area contributed by atoms with Gasteiger partial charge in [0.15, 0.2) is 0 Å². The average molecular weight is 329 g/mol. The van der Waals surface area contributed by atoms with E-state index in [9.17, 15) is 0 Å². The average Bonchev–Trinajstić information content (AvgIpc) is 3.15. The predicted octanol–water partition coefficient (Wildman–Crippen LogP) is 6.45. The zero-order valence-corrected chi connectivity index (χ0v) is 15.0. The SMILES string of the molecule is COc1ccc(-c2ccc(-c3ccc(C(C)(C)C)s3)s2)cc1. The fourth-order valence-corrected chi connectivity index (χ4v) is 4.42. The summed E-state index contributed by atoms with van der Waals surface area (Å²) < 4.78 is 5.22. The van der Waals surface area contributed by atoms with Crippen molar-refractivity contribution in [1.29, 1.82) is 0 Å². The summed E-state index contributed by atoms with van der Waals surface area (Å²) in [6, 6.07) is 17.2. The molecule has 0 saturated heterocycles. The molecular formula is C19H20OS2. The van der Waals surface area contributed by atoms with E-state index in [-0.39, 0.29) is 5.41 Å². The number of methoxy groups -OCH3 is 1. The molecule has 3 aromatic rings. The number of rotatable bonds is 3. The topological polar surface area (TPSA) is 9.23 Å². The minimum absolute atomic E-state index is 0.221. The van der Waals surface area contributed by atoms with E-state index in [1.54, 1.807) is 7.11 Å². The largest absolute Gasteiger partial charge is 0.497 e. The Kier molecular flexibility index (Phi) is 4.11. The van der Waals surface area contributed by atoms with Crippen molar-refractivity contribution in [2.24, 2.45) is 0 Å². The van der Waals surface area contributed by atoms with Gasteiger partial charge in [-0.05, 0) is 59.5 Å². The van der Waals surface area contributed by atoms with Crippen LogP contribution in [-0.2, 0) is 5.41 Å². The van der Waals surface area contributed by atoms with Crippen LogP contribution >= 0.6 is 22.7 Å². The zero-order chi connectivity index (χ0) is 15.7. The maximum absolute atomic E-state index is 5.22. The molecule has 0 radical (unpaired) electrons. The lowest BCUT2D eigenvalue weighted by Crippen LogP contribution is -2.07. The molecule has 22 heavy (non-hydrogen) atoms. The highest BCUT2D eigenvalue weighted by Crippen LogP contribution is 2.40. The number of thiophene rings is 2. The van der Waals surface area contributed by atoms with Crippen molar-refractivity contribution in [1.82, 2.24) is 0 Å². The van der Waals surface area contributed by atoms with Crippen LogP contribution in [0.5, 0.6) is 5.75 Å². The minimum Gasteiger partial charge on any atom is -0.497 e. The van der Waals surface area contributed by atoms with Gasteiger partial charge < -0.3 is 4.74 Å². The first-order valence-electron chi connectivity index (χ1n) is 7.32. The van der Waals surface area contributed by atoms with Crippen molar-refractivity contribution < 1.29 is 4.74 Å². The van der Waals surface area contributed by atoms with Crippen molar-refractivity contribution in [2.75, 3.05) is 7.11 Å². The van der Waals surface area contributed by atoms with Gasteiger partial charge >= 0.3 is 0 Å². The van der Waals surface area contributed by atoms with Gasteiger partial charge in [-0.3, -0.25) is 0 Å². The molecule has 0 aliphatic carbocycles. The van der Waals surface area contributed by atoms with Crippen molar-refractivity contribution in [3.8, 4) is 25.9 Å². The van der Waals surface area contributed by atoms with E-state index in [2.05, 4.69) is 57.2 Å². The van der Waals surface area contributed by atoms with E-state index in [4.69, 9.17) is 4.74 Å². The molecule has 3 heteroatoms. The molecule has 2 heterocycles. The van der Waals surface area contributed by atoms with Gasteiger partial charge in [-0.15, -0.1) is 22.7 Å². The molecule has 0 aliphatic heterocycles. The van der Waals surface area contributed by atoms with Gasteiger partial charge in [0.25, 0.3) is 0 Å². The summed E-state index contributed by atoms with van der Waals surface area (Å²) in [5.74, 6) is 0.897. The molecule has 0 unspecified atom stereocenters. The zero-order valence-electron chi connectivity index (χ0n) is 13.3. The summed E-state index contributed by atoms with van der Waals surface area (Å²) in [4.78, 5) is 5.42. The monoisotopic (exact) mass is 328 g/mol. The van der Waals surface area contributed by atoms with E-state index in [0.29, 0.717) is 0 Å². The Morgan fingerprint density at radius 3 is 1.91 bits per heavy atom. The lowest BCUT2D eigenvalue weighted by molar-refractivity contribution is 0.415. The summed E-state index contributed by atoms with van der Waals surface area (Å²) in [5.41, 5.74) is 1.46. The lowest BCUT2D eigenvalue weighted by atomic mass is 9.95. The summed E-state index contributed by atoms with van der Waals surface area (Å²) >= 11 is 3.74. The molecule has 1 aromatic carbocycles. The highest BCUT2D eigenvalue weighted by Gasteiger charge is 2.17. The molecule has 0 fully saturated rings. The molecule has 0 bridgehead atoms. The molecule has 0 spiro atoms. The molecule has 0 aliphatic rings. The normalized spacial score (nSPS) is 11.6. The second-order valence-corrected chi connectivity index (χ2v) is 8.47. The van der Waals surface area contributed by atoms with Gasteiger partial charge in [-0.2, -0.15) is 0 Å². The maximum Gasteiger partial charge on any atom is 0.118 e. The van der Waals surface area contributed by atoms with Crippen LogP contribution in [0.2, 0.25) is 0 Å². The first kappa shape index (κ1) is 15.3. The van der Waals surface area contributed by atoms with Crippen LogP contribution in [0.3, 0.4) is 0 Å².